The molecule has 0 spiro atoms. The number of aromatic nitrogens is 3. The molecule has 2 N–H and O–H groups in total. The molecule has 0 saturated carbocycles. The number of rotatable bonds is 11. The molecule has 2 aromatic heterocycles. The number of thiazole rings is 1. The standard InChI is InChI=1S/C29H34F5N7O3S.CH4/c1-17-4-3-6-40(17)14-22-25(18-10-19(29(32,33)34)12-20(30)11-18)37-28(45-22)38-26-24(31)27(36-16-35-26)41-9-8-39(7-5-23(42)43)21(13-41)15-44-2;/h10-12,16-17,21H,3-9,13-15H2,1-2H3,(H,42,43)(H,35,36,37,38);1H4/t17-,21+;/m1./s1. The highest BCUT2D eigenvalue weighted by Gasteiger charge is 2.33. The molecule has 4 heterocycles. The Balaban J connectivity index is 0.00000480. The van der Waals surface area contributed by atoms with Crippen LogP contribution in [0.5, 0.6) is 0 Å². The average Bonchev–Trinajstić information content (AvgIpc) is 3.58. The van der Waals surface area contributed by atoms with Gasteiger partial charge in [0.05, 0.1) is 30.3 Å². The molecule has 3 aromatic rings. The molecule has 0 radical (unpaired) electrons. The number of likely N-dealkylation sites (tertiary alicyclic amines) is 1. The summed E-state index contributed by atoms with van der Waals surface area (Å²) in [7, 11) is 1.54. The second-order valence-electron chi connectivity index (χ2n) is 11.2. The highest BCUT2D eigenvalue weighted by molar-refractivity contribution is 7.16. The zero-order valence-corrected chi connectivity index (χ0v) is 25.6. The molecular formula is C30H38F5N7O3S. The van der Waals surface area contributed by atoms with E-state index in [2.05, 4.69) is 32.1 Å². The van der Waals surface area contributed by atoms with E-state index in [4.69, 9.17) is 9.84 Å². The van der Waals surface area contributed by atoms with E-state index in [1.807, 2.05) is 4.90 Å². The van der Waals surface area contributed by atoms with Crippen molar-refractivity contribution < 1.29 is 36.6 Å². The van der Waals surface area contributed by atoms with Crippen molar-refractivity contribution in [3.05, 3.63) is 46.6 Å². The van der Waals surface area contributed by atoms with Crippen LogP contribution >= 0.6 is 11.3 Å². The first kappa shape index (κ1) is 35.4. The molecule has 5 rings (SSSR count). The number of alkyl halides is 3. The normalized spacial score (nSPS) is 19.3. The number of anilines is 3. The number of carbonyl (C=O) groups is 1. The Labute approximate surface area is 268 Å². The Morgan fingerprint density at radius 1 is 1.15 bits per heavy atom. The SMILES string of the molecule is C.COC[C@@H]1CN(c2ncnc(Nc3nc(-c4cc(F)cc(C(F)(F)F)c4)c(CN4CCC[C@H]4C)s3)c2F)CCN1CCC(=O)O. The van der Waals surface area contributed by atoms with Gasteiger partial charge in [-0.3, -0.25) is 14.6 Å². The van der Waals surface area contributed by atoms with Gasteiger partial charge in [-0.15, -0.1) is 0 Å². The molecule has 0 aliphatic carbocycles. The van der Waals surface area contributed by atoms with E-state index in [0.29, 0.717) is 50.3 Å². The molecule has 46 heavy (non-hydrogen) atoms. The lowest BCUT2D eigenvalue weighted by atomic mass is 10.1. The summed E-state index contributed by atoms with van der Waals surface area (Å²) >= 11 is 1.14. The second kappa shape index (κ2) is 15.0. The quantitative estimate of drug-likeness (QED) is 0.241. The molecule has 1 aromatic carbocycles. The zero-order chi connectivity index (χ0) is 32.3. The first-order valence-electron chi connectivity index (χ1n) is 14.5. The van der Waals surface area contributed by atoms with Gasteiger partial charge in [-0.05, 0) is 44.5 Å². The van der Waals surface area contributed by atoms with Crippen molar-refractivity contribution in [1.29, 1.82) is 0 Å². The van der Waals surface area contributed by atoms with Gasteiger partial charge in [0.2, 0.25) is 5.82 Å². The van der Waals surface area contributed by atoms with E-state index >= 15 is 4.39 Å². The number of nitrogens with zero attached hydrogens (tertiary/aromatic N) is 6. The third-order valence-corrected chi connectivity index (χ3v) is 9.06. The van der Waals surface area contributed by atoms with Crippen LogP contribution in [0.4, 0.5) is 38.7 Å². The number of aliphatic carboxylic acids is 1. The van der Waals surface area contributed by atoms with Gasteiger partial charge in [-0.25, -0.2) is 19.3 Å². The van der Waals surface area contributed by atoms with Gasteiger partial charge in [-0.2, -0.15) is 17.6 Å². The van der Waals surface area contributed by atoms with Crippen LogP contribution in [0.1, 0.15) is 44.1 Å². The van der Waals surface area contributed by atoms with E-state index in [0.717, 1.165) is 42.9 Å². The van der Waals surface area contributed by atoms with Crippen LogP contribution in [0.15, 0.2) is 24.5 Å². The lowest BCUT2D eigenvalue weighted by Gasteiger charge is -2.41. The van der Waals surface area contributed by atoms with Gasteiger partial charge >= 0.3 is 12.1 Å². The van der Waals surface area contributed by atoms with Gasteiger partial charge in [-0.1, -0.05) is 18.8 Å². The highest BCUT2D eigenvalue weighted by Crippen LogP contribution is 2.39. The lowest BCUT2D eigenvalue weighted by molar-refractivity contribution is -0.138. The van der Waals surface area contributed by atoms with Crippen molar-refractivity contribution in [1.82, 2.24) is 24.8 Å². The molecule has 2 aliphatic rings. The summed E-state index contributed by atoms with van der Waals surface area (Å²) in [6, 6.07) is 2.38. The summed E-state index contributed by atoms with van der Waals surface area (Å²) in [6.07, 6.45) is -1.62. The van der Waals surface area contributed by atoms with E-state index in [1.165, 1.54) is 13.4 Å². The maximum absolute atomic E-state index is 15.9. The molecule has 2 saturated heterocycles. The monoisotopic (exact) mass is 671 g/mol. The average molecular weight is 672 g/mol. The van der Waals surface area contributed by atoms with Crippen LogP contribution in [0, 0.1) is 11.6 Å². The zero-order valence-electron chi connectivity index (χ0n) is 24.8. The van der Waals surface area contributed by atoms with E-state index in [1.54, 1.807) is 4.90 Å². The van der Waals surface area contributed by atoms with Gasteiger partial charge in [0.15, 0.2) is 16.8 Å². The Kier molecular flexibility index (Phi) is 11.5. The van der Waals surface area contributed by atoms with Crippen molar-refractivity contribution in [3.63, 3.8) is 0 Å². The minimum Gasteiger partial charge on any atom is -0.481 e. The van der Waals surface area contributed by atoms with Crippen LogP contribution in [0.25, 0.3) is 11.3 Å². The number of ether oxygens (including phenoxy) is 1. The number of hydrogen-bond donors (Lipinski definition) is 2. The van der Waals surface area contributed by atoms with E-state index < -0.39 is 29.3 Å². The fourth-order valence-electron chi connectivity index (χ4n) is 5.78. The van der Waals surface area contributed by atoms with Crippen LogP contribution in [0.3, 0.4) is 0 Å². The summed E-state index contributed by atoms with van der Waals surface area (Å²) < 4.78 is 76.2. The highest BCUT2D eigenvalue weighted by atomic mass is 32.1. The Morgan fingerprint density at radius 3 is 2.61 bits per heavy atom. The fourth-order valence-corrected chi connectivity index (χ4v) is 6.79. The Bertz CT molecular complexity index is 1510. The fraction of sp³-hybridized carbons (Fsp3) is 0.533. The predicted molar refractivity (Wildman–Crippen MR) is 165 cm³/mol. The maximum atomic E-state index is 15.9. The largest absolute Gasteiger partial charge is 0.481 e. The van der Waals surface area contributed by atoms with Crippen LogP contribution < -0.4 is 10.2 Å². The second-order valence-corrected chi connectivity index (χ2v) is 12.3. The van der Waals surface area contributed by atoms with Gasteiger partial charge in [0, 0.05) is 56.3 Å². The summed E-state index contributed by atoms with van der Waals surface area (Å²) in [5.41, 5.74) is -0.967. The minimum absolute atomic E-state index is 0. The molecule has 10 nitrogen and oxygen atoms in total. The first-order valence-corrected chi connectivity index (χ1v) is 15.3. The summed E-state index contributed by atoms with van der Waals surface area (Å²) in [6.45, 7) is 5.08. The number of nitrogens with one attached hydrogen (secondary N) is 1. The molecule has 2 fully saturated rings. The first-order chi connectivity index (χ1) is 21.4. The summed E-state index contributed by atoms with van der Waals surface area (Å²) in [5, 5.41) is 12.2. The van der Waals surface area contributed by atoms with Crippen molar-refractivity contribution in [2.75, 3.05) is 56.7 Å². The van der Waals surface area contributed by atoms with E-state index in [-0.39, 0.29) is 54.0 Å². The van der Waals surface area contributed by atoms with Crippen molar-refractivity contribution in [2.45, 2.75) is 58.4 Å². The maximum Gasteiger partial charge on any atom is 0.416 e. The van der Waals surface area contributed by atoms with Crippen LogP contribution in [0.2, 0.25) is 0 Å². The molecule has 0 amide bonds. The minimum atomic E-state index is -4.75. The molecular weight excluding hydrogens is 633 g/mol. The molecule has 0 bridgehead atoms. The smallest absolute Gasteiger partial charge is 0.416 e. The molecule has 252 valence electrons. The number of carboxylic acids is 1. The van der Waals surface area contributed by atoms with Crippen LogP contribution in [-0.2, 0) is 22.3 Å². The molecule has 2 atom stereocenters. The molecule has 0 unspecified atom stereocenters. The number of halogens is 5. The third kappa shape index (κ3) is 8.27. The Morgan fingerprint density at radius 2 is 1.93 bits per heavy atom. The van der Waals surface area contributed by atoms with Gasteiger partial charge < -0.3 is 20.1 Å². The number of benzene rings is 1. The number of carboxylic acid groups (broad SMARTS) is 1. The topological polar surface area (TPSA) is 107 Å². The summed E-state index contributed by atoms with van der Waals surface area (Å²) in [4.78, 5) is 30.3. The van der Waals surface area contributed by atoms with Gasteiger partial charge in [0.1, 0.15) is 12.1 Å². The van der Waals surface area contributed by atoms with Crippen molar-refractivity contribution >= 4 is 34.1 Å². The molecule has 2 aliphatic heterocycles. The summed E-state index contributed by atoms with van der Waals surface area (Å²) in [5.74, 6) is -2.83. The molecule has 16 heteroatoms. The van der Waals surface area contributed by atoms with Crippen LogP contribution in [-0.4, -0.2) is 94.4 Å². The number of hydrogen-bond acceptors (Lipinski definition) is 10. The third-order valence-electron chi connectivity index (χ3n) is 8.11. The number of piperazine rings is 1. The predicted octanol–water partition coefficient (Wildman–Crippen LogP) is 5.87. The van der Waals surface area contributed by atoms with Crippen molar-refractivity contribution in [3.8, 4) is 11.3 Å². The lowest BCUT2D eigenvalue weighted by Crippen LogP contribution is -2.55. The Hall–Kier alpha value is -3.47. The van der Waals surface area contributed by atoms with E-state index in [9.17, 15) is 22.4 Å². The number of methoxy groups -OCH3 is 1. The van der Waals surface area contributed by atoms with Gasteiger partial charge in [0.25, 0.3) is 0 Å². The van der Waals surface area contributed by atoms with Crippen molar-refractivity contribution in [2.24, 2.45) is 0 Å².